The molecule has 0 aliphatic carbocycles. The zero-order chi connectivity index (χ0) is 17.5. The summed E-state index contributed by atoms with van der Waals surface area (Å²) < 4.78 is 0. The van der Waals surface area contributed by atoms with Gasteiger partial charge in [0, 0.05) is 15.5 Å². The van der Waals surface area contributed by atoms with Crippen molar-refractivity contribution >= 4 is 46.7 Å². The summed E-state index contributed by atoms with van der Waals surface area (Å²) in [4.78, 5) is 39.4. The van der Waals surface area contributed by atoms with E-state index in [1.54, 1.807) is 13.8 Å². The van der Waals surface area contributed by atoms with E-state index in [9.17, 15) is 14.4 Å². The van der Waals surface area contributed by atoms with E-state index in [1.165, 1.54) is 18.2 Å². The van der Waals surface area contributed by atoms with E-state index in [1.807, 2.05) is 13.8 Å². The van der Waals surface area contributed by atoms with Crippen LogP contribution in [0.25, 0.3) is 0 Å². The Hall–Kier alpha value is -1.59. The van der Waals surface area contributed by atoms with Crippen LogP contribution in [0, 0.1) is 11.3 Å². The van der Waals surface area contributed by atoms with E-state index in [2.05, 4.69) is 0 Å². The maximum atomic E-state index is 12.6. The third-order valence-electron chi connectivity index (χ3n) is 4.31. The van der Waals surface area contributed by atoms with Gasteiger partial charge in [-0.2, -0.15) is 0 Å². The second-order valence-electron chi connectivity index (χ2n) is 6.41. The summed E-state index contributed by atoms with van der Waals surface area (Å²) in [5, 5.41) is 0.612. The molecule has 4 amide bonds. The molecule has 23 heavy (non-hydrogen) atoms. The molecular formula is C16H18Cl2N2O3. The van der Waals surface area contributed by atoms with Crippen LogP contribution in [0.15, 0.2) is 18.2 Å². The topological polar surface area (TPSA) is 57.7 Å². The van der Waals surface area contributed by atoms with Crippen LogP contribution in [0.3, 0.4) is 0 Å². The third-order valence-corrected chi connectivity index (χ3v) is 4.75. The van der Waals surface area contributed by atoms with E-state index in [4.69, 9.17) is 23.2 Å². The Balaban J connectivity index is 2.35. The fourth-order valence-corrected chi connectivity index (χ4v) is 2.69. The molecule has 0 unspecified atom stereocenters. The quantitative estimate of drug-likeness (QED) is 0.769. The first-order chi connectivity index (χ1) is 10.6. The van der Waals surface area contributed by atoms with Crippen LogP contribution in [0.4, 0.5) is 10.5 Å². The van der Waals surface area contributed by atoms with Gasteiger partial charge < -0.3 is 0 Å². The summed E-state index contributed by atoms with van der Waals surface area (Å²) in [6, 6.07) is 3.75. The lowest BCUT2D eigenvalue weighted by Crippen LogP contribution is -2.45. The van der Waals surface area contributed by atoms with Gasteiger partial charge in [0.2, 0.25) is 5.91 Å². The highest BCUT2D eigenvalue weighted by Gasteiger charge is 2.46. The summed E-state index contributed by atoms with van der Waals surface area (Å²) in [6.45, 7) is 7.04. The Bertz CT molecular complexity index is 666. The van der Waals surface area contributed by atoms with Crippen molar-refractivity contribution in [1.29, 1.82) is 0 Å². The van der Waals surface area contributed by atoms with Gasteiger partial charge >= 0.3 is 6.03 Å². The molecule has 0 aromatic heterocycles. The van der Waals surface area contributed by atoms with Gasteiger partial charge in [-0.05, 0) is 24.1 Å². The first-order valence-corrected chi connectivity index (χ1v) is 7.96. The highest BCUT2D eigenvalue weighted by atomic mass is 35.5. The predicted molar refractivity (Wildman–Crippen MR) is 89.7 cm³/mol. The van der Waals surface area contributed by atoms with E-state index in [0.717, 1.165) is 9.80 Å². The van der Waals surface area contributed by atoms with Crippen LogP contribution in [0.2, 0.25) is 10.0 Å². The molecule has 1 fully saturated rings. The Morgan fingerprint density at radius 2 is 1.65 bits per heavy atom. The van der Waals surface area contributed by atoms with Gasteiger partial charge in [0.25, 0.3) is 5.91 Å². The Kier molecular flexibility index (Phi) is 4.74. The van der Waals surface area contributed by atoms with Crippen LogP contribution < -0.4 is 4.90 Å². The Morgan fingerprint density at radius 1 is 1.13 bits per heavy atom. The van der Waals surface area contributed by atoms with Crippen LogP contribution in [0.5, 0.6) is 0 Å². The molecule has 1 aromatic carbocycles. The normalized spacial score (nSPS) is 15.8. The lowest BCUT2D eigenvalue weighted by molar-refractivity contribution is -0.140. The van der Waals surface area contributed by atoms with Gasteiger partial charge in [-0.1, -0.05) is 50.9 Å². The smallest absolute Gasteiger partial charge is 0.274 e. The Morgan fingerprint density at radius 3 is 2.13 bits per heavy atom. The van der Waals surface area contributed by atoms with Gasteiger partial charge in [-0.3, -0.25) is 14.5 Å². The summed E-state index contributed by atoms with van der Waals surface area (Å²) >= 11 is 11.8. The average molecular weight is 357 g/mol. The van der Waals surface area contributed by atoms with Crippen molar-refractivity contribution in [3.63, 3.8) is 0 Å². The van der Waals surface area contributed by atoms with Crippen LogP contribution in [0.1, 0.15) is 27.7 Å². The number of hydrogen-bond donors (Lipinski definition) is 0. The molecule has 0 spiro atoms. The maximum absolute atomic E-state index is 12.6. The van der Waals surface area contributed by atoms with E-state index >= 15 is 0 Å². The molecule has 1 heterocycles. The summed E-state index contributed by atoms with van der Waals surface area (Å²) in [5.74, 6) is -0.838. The number of nitrogens with zero attached hydrogens (tertiary/aromatic N) is 2. The van der Waals surface area contributed by atoms with Crippen molar-refractivity contribution in [2.45, 2.75) is 27.7 Å². The van der Waals surface area contributed by atoms with Gasteiger partial charge in [0.1, 0.15) is 6.54 Å². The van der Waals surface area contributed by atoms with Crippen molar-refractivity contribution in [2.75, 3.05) is 11.4 Å². The van der Waals surface area contributed by atoms with Gasteiger partial charge in [-0.25, -0.2) is 9.69 Å². The predicted octanol–water partition coefficient (Wildman–Crippen LogP) is 3.97. The first-order valence-electron chi connectivity index (χ1n) is 7.20. The number of anilines is 1. The standard InChI is InChI=1S/C16H18Cl2N2O3/c1-9(2)16(3,4)14(22)19-8-13(21)20(15(19)23)12-6-10(17)5-11(18)7-12/h5-7,9H,8H2,1-4H3. The second-order valence-corrected chi connectivity index (χ2v) is 7.28. The lowest BCUT2D eigenvalue weighted by atomic mass is 9.80. The number of imide groups is 2. The SMILES string of the molecule is CC(C)C(C)(C)C(=O)N1CC(=O)N(c2cc(Cl)cc(Cl)c2)C1=O. The van der Waals surface area contributed by atoms with Crippen LogP contribution in [-0.4, -0.2) is 29.3 Å². The number of rotatable bonds is 3. The zero-order valence-electron chi connectivity index (χ0n) is 13.4. The highest BCUT2D eigenvalue weighted by Crippen LogP contribution is 2.33. The fourth-order valence-electron chi connectivity index (χ4n) is 2.18. The van der Waals surface area contributed by atoms with E-state index in [-0.39, 0.29) is 24.1 Å². The number of carbonyl (C=O) groups is 3. The zero-order valence-corrected chi connectivity index (χ0v) is 14.9. The first kappa shape index (κ1) is 17.8. The number of urea groups is 1. The second kappa shape index (κ2) is 6.13. The molecule has 0 saturated carbocycles. The van der Waals surface area contributed by atoms with Gasteiger partial charge in [-0.15, -0.1) is 0 Å². The molecular weight excluding hydrogens is 339 g/mol. The summed E-state index contributed by atoms with van der Waals surface area (Å²) in [6.07, 6.45) is 0. The molecule has 0 N–H and O–H groups in total. The lowest BCUT2D eigenvalue weighted by Gasteiger charge is -2.30. The minimum Gasteiger partial charge on any atom is -0.274 e. The van der Waals surface area contributed by atoms with Crippen molar-refractivity contribution < 1.29 is 14.4 Å². The fraction of sp³-hybridized carbons (Fsp3) is 0.438. The van der Waals surface area contributed by atoms with Crippen molar-refractivity contribution in [1.82, 2.24) is 4.90 Å². The molecule has 0 bridgehead atoms. The molecule has 124 valence electrons. The minimum atomic E-state index is -0.752. The van der Waals surface area contributed by atoms with Gasteiger partial charge in [0.15, 0.2) is 0 Å². The Labute approximate surface area is 145 Å². The molecule has 5 nitrogen and oxygen atoms in total. The third kappa shape index (κ3) is 3.21. The number of halogens is 2. The summed E-state index contributed by atoms with van der Waals surface area (Å²) in [5.41, 5.74) is -0.493. The monoisotopic (exact) mass is 356 g/mol. The van der Waals surface area contributed by atoms with E-state index < -0.39 is 17.4 Å². The molecule has 1 aromatic rings. The minimum absolute atomic E-state index is 0.0209. The van der Waals surface area contributed by atoms with Crippen LogP contribution >= 0.6 is 23.2 Å². The number of carbonyl (C=O) groups excluding carboxylic acids is 3. The van der Waals surface area contributed by atoms with Crippen molar-refractivity contribution in [3.8, 4) is 0 Å². The largest absolute Gasteiger partial charge is 0.338 e. The molecule has 1 aliphatic heterocycles. The number of benzene rings is 1. The molecule has 0 radical (unpaired) electrons. The van der Waals surface area contributed by atoms with Crippen molar-refractivity contribution in [3.05, 3.63) is 28.2 Å². The van der Waals surface area contributed by atoms with Crippen LogP contribution in [-0.2, 0) is 9.59 Å². The average Bonchev–Trinajstić information content (AvgIpc) is 2.71. The summed E-state index contributed by atoms with van der Waals surface area (Å²) in [7, 11) is 0. The van der Waals surface area contributed by atoms with E-state index in [0.29, 0.717) is 10.0 Å². The number of amides is 4. The van der Waals surface area contributed by atoms with Gasteiger partial charge in [0.05, 0.1) is 5.69 Å². The van der Waals surface area contributed by atoms with Crippen molar-refractivity contribution in [2.24, 2.45) is 11.3 Å². The highest BCUT2D eigenvalue weighted by molar-refractivity contribution is 6.35. The molecule has 7 heteroatoms. The number of hydrogen-bond acceptors (Lipinski definition) is 3. The molecule has 2 rings (SSSR count). The maximum Gasteiger partial charge on any atom is 0.338 e. The molecule has 0 atom stereocenters. The molecule has 1 aliphatic rings. The molecule has 1 saturated heterocycles.